The molecule has 0 saturated carbocycles. The molecule has 11 nitrogen and oxygen atoms in total. The summed E-state index contributed by atoms with van der Waals surface area (Å²) < 4.78 is 33.6. The van der Waals surface area contributed by atoms with Gasteiger partial charge >= 0.3 is 18.2 Å². The normalized spacial score (nSPS) is 14.6. The Bertz CT molecular complexity index is 865. The van der Waals surface area contributed by atoms with Crippen LogP contribution in [0.4, 0.5) is 23.8 Å². The lowest BCUT2D eigenvalue weighted by atomic mass is 10.1. The second-order valence-electron chi connectivity index (χ2n) is 6.39. The van der Waals surface area contributed by atoms with Gasteiger partial charge < -0.3 is 21.1 Å². The van der Waals surface area contributed by atoms with E-state index in [1.807, 2.05) is 17.8 Å². The van der Waals surface area contributed by atoms with Gasteiger partial charge in [0, 0.05) is 25.5 Å². The maximum Gasteiger partial charge on any atom is 0.490 e. The van der Waals surface area contributed by atoms with Crippen molar-refractivity contribution in [3.63, 3.8) is 0 Å². The molecule has 0 spiro atoms. The van der Waals surface area contributed by atoms with Gasteiger partial charge in [-0.2, -0.15) is 13.2 Å². The van der Waals surface area contributed by atoms with E-state index in [1.54, 1.807) is 12.4 Å². The number of nitrogens with one attached hydrogen (secondary N) is 1. The molecule has 2 amide bonds. The van der Waals surface area contributed by atoms with E-state index in [1.165, 1.54) is 0 Å². The number of aliphatic carboxylic acids is 1. The van der Waals surface area contributed by atoms with E-state index in [4.69, 9.17) is 15.6 Å². The number of alkyl halides is 3. The van der Waals surface area contributed by atoms with Gasteiger partial charge in [0.2, 0.25) is 0 Å². The molecule has 1 fully saturated rings. The number of aryl methyl sites for hydroxylation is 1. The zero-order valence-corrected chi connectivity index (χ0v) is 16.0. The molecule has 3 heterocycles. The highest BCUT2D eigenvalue weighted by atomic mass is 19.4. The van der Waals surface area contributed by atoms with Crippen molar-refractivity contribution in [2.45, 2.75) is 38.5 Å². The highest BCUT2D eigenvalue weighted by Gasteiger charge is 2.38. The molecule has 164 valence electrons. The van der Waals surface area contributed by atoms with Crippen LogP contribution in [0.15, 0.2) is 18.6 Å². The molecule has 0 bridgehead atoms. The van der Waals surface area contributed by atoms with Crippen LogP contribution in [-0.2, 0) is 11.3 Å². The first-order valence-electron chi connectivity index (χ1n) is 8.84. The number of halogens is 3. The average Bonchev–Trinajstić information content (AvgIpc) is 3.16. The summed E-state index contributed by atoms with van der Waals surface area (Å²) in [5.74, 6) is -1.80. The van der Waals surface area contributed by atoms with E-state index >= 15 is 0 Å². The van der Waals surface area contributed by atoms with Crippen molar-refractivity contribution in [1.29, 1.82) is 0 Å². The first-order chi connectivity index (χ1) is 14.1. The molecule has 2 aromatic rings. The zero-order valence-electron chi connectivity index (χ0n) is 16.0. The Kier molecular flexibility index (Phi) is 7.49. The minimum atomic E-state index is -5.08. The summed E-state index contributed by atoms with van der Waals surface area (Å²) in [5.41, 5.74) is 6.71. The van der Waals surface area contributed by atoms with Crippen LogP contribution < -0.4 is 16.0 Å². The van der Waals surface area contributed by atoms with Gasteiger partial charge in [0.1, 0.15) is 11.5 Å². The summed E-state index contributed by atoms with van der Waals surface area (Å²) in [6, 6.07) is -0.259. The molecule has 4 N–H and O–H groups in total. The number of urea groups is 1. The molecule has 1 aliphatic rings. The molecule has 1 aliphatic heterocycles. The topological polar surface area (TPSA) is 152 Å². The second-order valence-corrected chi connectivity index (χ2v) is 6.39. The molecule has 0 aliphatic carbocycles. The summed E-state index contributed by atoms with van der Waals surface area (Å²) in [4.78, 5) is 30.6. The predicted molar refractivity (Wildman–Crippen MR) is 97.4 cm³/mol. The van der Waals surface area contributed by atoms with E-state index < -0.39 is 18.2 Å². The third kappa shape index (κ3) is 6.56. The fourth-order valence-corrected chi connectivity index (χ4v) is 2.80. The van der Waals surface area contributed by atoms with Gasteiger partial charge in [0.15, 0.2) is 0 Å². The molecule has 1 saturated heterocycles. The van der Waals surface area contributed by atoms with Crippen molar-refractivity contribution in [1.82, 2.24) is 30.3 Å². The number of hydrogen-bond acceptors (Lipinski definition) is 7. The number of rotatable bonds is 4. The minimum Gasteiger partial charge on any atom is -0.475 e. The Hall–Kier alpha value is -3.45. The van der Waals surface area contributed by atoms with Gasteiger partial charge in [0.05, 0.1) is 24.5 Å². The van der Waals surface area contributed by atoms with Crippen LogP contribution in [0.25, 0.3) is 0 Å². The SMILES string of the molecule is Cc1nccnc1N1CCC(n2cc(CNC(N)=O)nn2)CC1.O=C(O)C(F)(F)F. The fourth-order valence-electron chi connectivity index (χ4n) is 2.80. The van der Waals surface area contributed by atoms with Gasteiger partial charge in [-0.15, -0.1) is 5.10 Å². The minimum absolute atomic E-state index is 0.299. The maximum atomic E-state index is 10.7. The molecule has 2 aromatic heterocycles. The smallest absolute Gasteiger partial charge is 0.475 e. The van der Waals surface area contributed by atoms with E-state index in [2.05, 4.69) is 30.5 Å². The summed E-state index contributed by atoms with van der Waals surface area (Å²) in [6.07, 6.45) is 2.14. The number of carbonyl (C=O) groups is 2. The number of carbonyl (C=O) groups excluding carboxylic acids is 1. The summed E-state index contributed by atoms with van der Waals surface area (Å²) in [6.45, 7) is 4.08. The van der Waals surface area contributed by atoms with E-state index in [-0.39, 0.29) is 0 Å². The third-order valence-electron chi connectivity index (χ3n) is 4.24. The van der Waals surface area contributed by atoms with Gasteiger partial charge in [-0.3, -0.25) is 4.98 Å². The molecule has 0 aromatic carbocycles. The van der Waals surface area contributed by atoms with Crippen molar-refractivity contribution in [2.24, 2.45) is 5.73 Å². The van der Waals surface area contributed by atoms with E-state index in [0.717, 1.165) is 37.4 Å². The second kappa shape index (κ2) is 9.84. The monoisotopic (exact) mass is 430 g/mol. The van der Waals surface area contributed by atoms with Crippen LogP contribution in [0, 0.1) is 6.92 Å². The highest BCUT2D eigenvalue weighted by Crippen LogP contribution is 2.25. The van der Waals surface area contributed by atoms with Crippen LogP contribution >= 0.6 is 0 Å². The Morgan fingerprint density at radius 3 is 2.40 bits per heavy atom. The number of carboxylic acid groups (broad SMARTS) is 1. The van der Waals surface area contributed by atoms with Gasteiger partial charge in [-0.25, -0.2) is 19.3 Å². The summed E-state index contributed by atoms with van der Waals surface area (Å²) >= 11 is 0. The number of nitrogens with zero attached hydrogens (tertiary/aromatic N) is 6. The Morgan fingerprint density at radius 2 is 1.87 bits per heavy atom. The number of anilines is 1. The number of amides is 2. The number of hydrogen-bond donors (Lipinski definition) is 3. The van der Waals surface area contributed by atoms with Crippen molar-refractivity contribution in [3.05, 3.63) is 30.0 Å². The van der Waals surface area contributed by atoms with E-state index in [9.17, 15) is 18.0 Å². The summed E-state index contributed by atoms with van der Waals surface area (Å²) in [5, 5.41) is 17.9. The van der Waals surface area contributed by atoms with Crippen molar-refractivity contribution >= 4 is 17.8 Å². The molecule has 30 heavy (non-hydrogen) atoms. The molecule has 0 unspecified atom stereocenters. The van der Waals surface area contributed by atoms with E-state index in [0.29, 0.717) is 18.3 Å². The zero-order chi connectivity index (χ0) is 22.3. The Balaban J connectivity index is 0.000000396. The van der Waals surface area contributed by atoms with Crippen LogP contribution in [0.2, 0.25) is 0 Å². The van der Waals surface area contributed by atoms with Gasteiger partial charge in [0.25, 0.3) is 0 Å². The molecular formula is C16H21F3N8O3. The number of aromatic nitrogens is 5. The maximum absolute atomic E-state index is 10.7. The molecule has 14 heteroatoms. The molecular weight excluding hydrogens is 409 g/mol. The summed E-state index contributed by atoms with van der Waals surface area (Å²) in [7, 11) is 0. The lowest BCUT2D eigenvalue weighted by Gasteiger charge is -2.33. The van der Waals surface area contributed by atoms with Crippen LogP contribution in [0.1, 0.15) is 30.3 Å². The number of nitrogens with two attached hydrogens (primary N) is 1. The number of primary amides is 1. The lowest BCUT2D eigenvalue weighted by molar-refractivity contribution is -0.192. The van der Waals surface area contributed by atoms with Gasteiger partial charge in [-0.1, -0.05) is 5.21 Å². The quantitative estimate of drug-likeness (QED) is 0.650. The Morgan fingerprint density at radius 1 is 1.27 bits per heavy atom. The highest BCUT2D eigenvalue weighted by molar-refractivity contribution is 5.73. The standard InChI is InChI=1S/C14H20N8O.C2HF3O2/c1-10-13(17-5-4-16-10)21-6-2-12(3-7-21)22-9-11(19-20-22)8-18-14(15)23;3-2(4,5)1(6)7/h4-5,9,12H,2-3,6-8H2,1H3,(H3,15,18,23);(H,6,7). The average molecular weight is 430 g/mol. The predicted octanol–water partition coefficient (Wildman–Crippen LogP) is 1.02. The van der Waals surface area contributed by atoms with Crippen molar-refractivity contribution < 1.29 is 27.9 Å². The largest absolute Gasteiger partial charge is 0.490 e. The number of carboxylic acids is 1. The molecule has 0 atom stereocenters. The van der Waals surface area contributed by atoms with Crippen LogP contribution in [0.3, 0.4) is 0 Å². The lowest BCUT2D eigenvalue weighted by Crippen LogP contribution is -2.36. The first-order valence-corrected chi connectivity index (χ1v) is 8.84. The van der Waals surface area contributed by atoms with Gasteiger partial charge in [-0.05, 0) is 19.8 Å². The third-order valence-corrected chi connectivity index (χ3v) is 4.24. The van der Waals surface area contributed by atoms with Crippen molar-refractivity contribution in [3.8, 4) is 0 Å². The fraction of sp³-hybridized carbons (Fsp3) is 0.500. The molecule has 0 radical (unpaired) electrons. The molecule has 3 rings (SSSR count). The van der Waals surface area contributed by atoms with Crippen LogP contribution in [0.5, 0.6) is 0 Å². The van der Waals surface area contributed by atoms with Crippen molar-refractivity contribution in [2.75, 3.05) is 18.0 Å². The first kappa shape index (κ1) is 22.8. The number of piperidine rings is 1. The van der Waals surface area contributed by atoms with Crippen LogP contribution in [-0.4, -0.2) is 61.3 Å². The Labute approximate surface area is 169 Å².